The van der Waals surface area contributed by atoms with Crippen molar-refractivity contribution in [1.29, 1.82) is 0 Å². The van der Waals surface area contributed by atoms with Crippen LogP contribution in [0.4, 0.5) is 0 Å². The summed E-state index contributed by atoms with van der Waals surface area (Å²) in [5.41, 5.74) is 1.85. The molecule has 2 nitrogen and oxygen atoms in total. The Kier molecular flexibility index (Phi) is 4.64. The molecule has 0 aromatic heterocycles. The van der Waals surface area contributed by atoms with Crippen LogP contribution in [0.15, 0.2) is 11.1 Å². The first-order chi connectivity index (χ1) is 5.50. The van der Waals surface area contributed by atoms with Crippen LogP contribution in [-0.4, -0.2) is 12.6 Å². The predicted octanol–water partition coefficient (Wildman–Crippen LogP) is 2.54. The molecule has 0 aliphatic carbocycles. The third-order valence-corrected chi connectivity index (χ3v) is 1.61. The Morgan fingerprint density at radius 2 is 1.83 bits per heavy atom. The molecule has 0 aromatic rings. The van der Waals surface area contributed by atoms with Gasteiger partial charge in [-0.1, -0.05) is 19.4 Å². The molecule has 0 atom stereocenters. The zero-order valence-corrected chi connectivity index (χ0v) is 8.60. The van der Waals surface area contributed by atoms with E-state index in [-0.39, 0.29) is 11.9 Å². The average molecular weight is 170 g/mol. The van der Waals surface area contributed by atoms with Crippen molar-refractivity contribution in [3.05, 3.63) is 11.1 Å². The number of rotatable bonds is 3. The quantitative estimate of drug-likeness (QED) is 0.480. The molecule has 0 saturated heterocycles. The Balaban J connectivity index is 4.55. The van der Waals surface area contributed by atoms with Crippen LogP contribution in [0.1, 0.15) is 34.6 Å². The van der Waals surface area contributed by atoms with Crippen LogP contribution in [0.25, 0.3) is 0 Å². The molecule has 0 heterocycles. The van der Waals surface area contributed by atoms with Crippen LogP contribution < -0.4 is 0 Å². The Morgan fingerprint density at radius 1 is 1.33 bits per heavy atom. The van der Waals surface area contributed by atoms with Crippen LogP contribution in [0.2, 0.25) is 0 Å². The highest BCUT2D eigenvalue weighted by atomic mass is 16.5. The molecule has 0 unspecified atom stereocenters. The molecule has 2 heteroatoms. The smallest absolute Gasteiger partial charge is 0.334 e. The number of carbonyl (C=O) groups is 1. The van der Waals surface area contributed by atoms with Crippen LogP contribution in [0.3, 0.4) is 0 Å². The highest BCUT2D eigenvalue weighted by Crippen LogP contribution is 2.15. The van der Waals surface area contributed by atoms with Gasteiger partial charge in [0.2, 0.25) is 0 Å². The molecule has 0 saturated carbocycles. The van der Waals surface area contributed by atoms with Crippen molar-refractivity contribution >= 4 is 5.97 Å². The van der Waals surface area contributed by atoms with Gasteiger partial charge in [-0.2, -0.15) is 0 Å². The van der Waals surface area contributed by atoms with Crippen LogP contribution in [0, 0.1) is 5.92 Å². The maximum Gasteiger partial charge on any atom is 0.334 e. The fourth-order valence-electron chi connectivity index (χ4n) is 1.23. The second kappa shape index (κ2) is 4.96. The monoisotopic (exact) mass is 170 g/mol. The second-order valence-electron chi connectivity index (χ2n) is 3.29. The molecule has 0 fully saturated rings. The fourth-order valence-corrected chi connectivity index (χ4v) is 1.23. The Morgan fingerprint density at radius 3 is 2.08 bits per heavy atom. The largest absolute Gasteiger partial charge is 0.463 e. The maximum absolute atomic E-state index is 11.3. The molecular weight excluding hydrogens is 152 g/mol. The van der Waals surface area contributed by atoms with E-state index in [9.17, 15) is 4.79 Å². The number of carbonyl (C=O) groups excluding carboxylic acids is 1. The van der Waals surface area contributed by atoms with E-state index in [0.717, 1.165) is 11.1 Å². The van der Waals surface area contributed by atoms with Gasteiger partial charge in [0, 0.05) is 5.57 Å². The summed E-state index contributed by atoms with van der Waals surface area (Å²) >= 11 is 0. The first-order valence-electron chi connectivity index (χ1n) is 4.35. The molecule has 12 heavy (non-hydrogen) atoms. The summed E-state index contributed by atoms with van der Waals surface area (Å²) in [6.07, 6.45) is 0. The summed E-state index contributed by atoms with van der Waals surface area (Å²) in [6.45, 7) is 10.1. The summed E-state index contributed by atoms with van der Waals surface area (Å²) in [5, 5.41) is 0. The van der Waals surface area contributed by atoms with Gasteiger partial charge in [0.15, 0.2) is 0 Å². The number of ether oxygens (including phenoxy) is 1. The van der Waals surface area contributed by atoms with E-state index in [4.69, 9.17) is 4.74 Å². The van der Waals surface area contributed by atoms with Crippen molar-refractivity contribution in [3.8, 4) is 0 Å². The highest BCUT2D eigenvalue weighted by molar-refractivity contribution is 5.89. The molecule has 0 aliphatic rings. The Bertz CT molecular complexity index is 186. The van der Waals surface area contributed by atoms with Crippen molar-refractivity contribution < 1.29 is 9.53 Å². The summed E-state index contributed by atoms with van der Waals surface area (Å²) in [4.78, 5) is 11.3. The lowest BCUT2D eigenvalue weighted by Crippen LogP contribution is -2.13. The topological polar surface area (TPSA) is 26.3 Å². The SMILES string of the molecule is CCOC(=O)C(=C(C)C)C(C)C. The van der Waals surface area contributed by atoms with E-state index in [2.05, 4.69) is 0 Å². The van der Waals surface area contributed by atoms with E-state index < -0.39 is 0 Å². The molecular formula is C10H18O2. The lowest BCUT2D eigenvalue weighted by Gasteiger charge is -2.11. The van der Waals surface area contributed by atoms with E-state index in [0.29, 0.717) is 6.61 Å². The summed E-state index contributed by atoms with van der Waals surface area (Å²) in [7, 11) is 0. The molecule has 0 radical (unpaired) electrons. The van der Waals surface area contributed by atoms with Crippen LogP contribution >= 0.6 is 0 Å². The van der Waals surface area contributed by atoms with Gasteiger partial charge in [0.25, 0.3) is 0 Å². The molecule has 70 valence electrons. The van der Waals surface area contributed by atoms with Gasteiger partial charge in [-0.05, 0) is 26.7 Å². The fraction of sp³-hybridized carbons (Fsp3) is 0.700. The van der Waals surface area contributed by atoms with Crippen molar-refractivity contribution in [2.45, 2.75) is 34.6 Å². The van der Waals surface area contributed by atoms with Crippen LogP contribution in [0.5, 0.6) is 0 Å². The Labute approximate surface area is 74.6 Å². The molecule has 0 N–H and O–H groups in total. The van der Waals surface area contributed by atoms with Gasteiger partial charge < -0.3 is 4.74 Å². The van der Waals surface area contributed by atoms with Crippen molar-refractivity contribution in [2.24, 2.45) is 5.92 Å². The predicted molar refractivity (Wildman–Crippen MR) is 49.8 cm³/mol. The minimum atomic E-state index is -0.174. The minimum absolute atomic E-state index is 0.174. The molecule has 0 spiro atoms. The lowest BCUT2D eigenvalue weighted by molar-refractivity contribution is -0.139. The standard InChI is InChI=1S/C10H18O2/c1-6-12-10(11)9(7(2)3)8(4)5/h7H,6H2,1-5H3. The highest BCUT2D eigenvalue weighted by Gasteiger charge is 2.15. The summed E-state index contributed by atoms with van der Waals surface area (Å²) in [6, 6.07) is 0. The number of hydrogen-bond acceptors (Lipinski definition) is 2. The Hall–Kier alpha value is -0.790. The summed E-state index contributed by atoms with van der Waals surface area (Å²) in [5.74, 6) is 0.0709. The zero-order chi connectivity index (χ0) is 9.72. The lowest BCUT2D eigenvalue weighted by atomic mass is 9.99. The maximum atomic E-state index is 11.3. The van der Waals surface area contributed by atoms with Crippen LogP contribution in [-0.2, 0) is 9.53 Å². The van der Waals surface area contributed by atoms with Crippen molar-refractivity contribution in [2.75, 3.05) is 6.61 Å². The van der Waals surface area contributed by atoms with E-state index in [1.165, 1.54) is 0 Å². The van der Waals surface area contributed by atoms with E-state index in [1.54, 1.807) is 0 Å². The van der Waals surface area contributed by atoms with Gasteiger partial charge in [-0.15, -0.1) is 0 Å². The minimum Gasteiger partial charge on any atom is -0.463 e. The first kappa shape index (κ1) is 11.2. The van der Waals surface area contributed by atoms with E-state index in [1.807, 2.05) is 34.6 Å². The number of esters is 1. The third kappa shape index (κ3) is 3.07. The van der Waals surface area contributed by atoms with Crippen molar-refractivity contribution in [3.63, 3.8) is 0 Å². The summed E-state index contributed by atoms with van der Waals surface area (Å²) < 4.78 is 4.93. The third-order valence-electron chi connectivity index (χ3n) is 1.61. The van der Waals surface area contributed by atoms with Crippen molar-refractivity contribution in [1.82, 2.24) is 0 Å². The molecule has 0 amide bonds. The molecule has 0 rings (SSSR count). The zero-order valence-electron chi connectivity index (χ0n) is 8.60. The first-order valence-corrected chi connectivity index (χ1v) is 4.35. The molecule has 0 aliphatic heterocycles. The van der Waals surface area contributed by atoms with Gasteiger partial charge in [0.05, 0.1) is 6.61 Å². The molecule has 0 aromatic carbocycles. The molecule has 0 bridgehead atoms. The average Bonchev–Trinajstić information content (AvgIpc) is 1.85. The number of hydrogen-bond donors (Lipinski definition) is 0. The van der Waals surface area contributed by atoms with Gasteiger partial charge in [-0.3, -0.25) is 0 Å². The normalized spacial score (nSPS) is 9.83. The van der Waals surface area contributed by atoms with Gasteiger partial charge >= 0.3 is 5.97 Å². The van der Waals surface area contributed by atoms with Gasteiger partial charge in [-0.25, -0.2) is 4.79 Å². The van der Waals surface area contributed by atoms with Gasteiger partial charge in [0.1, 0.15) is 0 Å². The second-order valence-corrected chi connectivity index (χ2v) is 3.29. The number of allylic oxidation sites excluding steroid dienone is 1. The van der Waals surface area contributed by atoms with E-state index >= 15 is 0 Å².